The van der Waals surface area contributed by atoms with Crippen LogP contribution < -0.4 is 21.1 Å². The second-order valence-electron chi connectivity index (χ2n) is 10.3. The van der Waals surface area contributed by atoms with Gasteiger partial charge in [-0.2, -0.15) is 0 Å². The van der Waals surface area contributed by atoms with Crippen molar-refractivity contribution in [3.05, 3.63) is 92.6 Å². The highest BCUT2D eigenvalue weighted by atomic mass is 35.5. The number of ether oxygens (including phenoxy) is 1. The van der Waals surface area contributed by atoms with E-state index in [0.29, 0.717) is 55.1 Å². The number of rotatable bonds is 7. The van der Waals surface area contributed by atoms with Gasteiger partial charge in [-0.05, 0) is 41.8 Å². The van der Waals surface area contributed by atoms with Crippen LogP contribution in [0.2, 0.25) is 5.02 Å². The Morgan fingerprint density at radius 3 is 2.77 bits per heavy atom. The number of amides is 1. The van der Waals surface area contributed by atoms with Gasteiger partial charge in [-0.15, -0.1) is 0 Å². The van der Waals surface area contributed by atoms with E-state index in [4.69, 9.17) is 16.3 Å². The predicted molar refractivity (Wildman–Crippen MR) is 151 cm³/mol. The number of likely N-dealkylation sites (tertiary alicyclic amines) is 1. The van der Waals surface area contributed by atoms with Crippen molar-refractivity contribution in [1.29, 1.82) is 0 Å². The van der Waals surface area contributed by atoms with E-state index in [0.717, 1.165) is 41.4 Å². The maximum absolute atomic E-state index is 13.7. The number of benzene rings is 1. The minimum atomic E-state index is -0.184. The smallest absolute Gasteiger partial charge is 0.257 e. The number of anilines is 2. The molecule has 0 atom stereocenters. The topological polar surface area (TPSA) is 91.7 Å². The normalized spacial score (nSPS) is 16.7. The second-order valence-corrected chi connectivity index (χ2v) is 10.7. The highest BCUT2D eigenvalue weighted by Gasteiger charge is 2.33. The zero-order valence-corrected chi connectivity index (χ0v) is 22.6. The zero-order valence-electron chi connectivity index (χ0n) is 21.8. The highest BCUT2D eigenvalue weighted by molar-refractivity contribution is 6.30. The average molecular weight is 547 g/mol. The van der Waals surface area contributed by atoms with Gasteiger partial charge in [0.1, 0.15) is 19.0 Å². The van der Waals surface area contributed by atoms with Crippen LogP contribution >= 0.6 is 11.6 Å². The number of carbonyl (C=O) groups is 1. The molecule has 0 bridgehead atoms. The van der Waals surface area contributed by atoms with Crippen LogP contribution in [0, 0.1) is 5.92 Å². The van der Waals surface area contributed by atoms with E-state index in [-0.39, 0.29) is 18.0 Å². The van der Waals surface area contributed by atoms with Gasteiger partial charge < -0.3 is 25.2 Å². The molecule has 3 aliphatic rings. The summed E-state index contributed by atoms with van der Waals surface area (Å²) in [6.45, 7) is 6.15. The maximum atomic E-state index is 13.7. The summed E-state index contributed by atoms with van der Waals surface area (Å²) in [5.74, 6) is 1.79. The summed E-state index contributed by atoms with van der Waals surface area (Å²) in [4.78, 5) is 35.1. The highest BCUT2D eigenvalue weighted by Crippen LogP contribution is 2.37. The van der Waals surface area contributed by atoms with Gasteiger partial charge in [-0.1, -0.05) is 30.7 Å². The molecule has 2 N–H and O–H groups in total. The standard InChI is InChI=1S/C29H31ClN6O3/c1-19-16-34(17-19)26(37)18-36-28-24(11-21(29(36)38)13-32-12-20-4-6-22(30)7-5-20)27-25(15-33-28)35(9-10-39-27)23-3-2-8-31-14-23/h2-8,11,14,19,32-33H,9-10,12-13,15-18H2,1H3. The molecule has 0 aliphatic carbocycles. The number of aromatic nitrogens is 2. The number of nitrogens with zero attached hydrogens (tertiary/aromatic N) is 4. The number of pyridine rings is 2. The first-order valence-corrected chi connectivity index (χ1v) is 13.6. The number of fused-ring (bicyclic) bond motifs is 2. The molecular weight excluding hydrogens is 516 g/mol. The van der Waals surface area contributed by atoms with Crippen molar-refractivity contribution in [1.82, 2.24) is 19.8 Å². The molecular formula is C29H31ClN6O3. The van der Waals surface area contributed by atoms with Gasteiger partial charge in [0.15, 0.2) is 5.76 Å². The van der Waals surface area contributed by atoms with Crippen LogP contribution in [-0.2, 0) is 29.2 Å². The molecule has 0 radical (unpaired) electrons. The van der Waals surface area contributed by atoms with Crippen LogP contribution in [0.25, 0.3) is 5.76 Å². The number of carbonyl (C=O) groups excluding carboxylic acids is 1. The first-order chi connectivity index (χ1) is 19.0. The number of halogens is 1. The Hall–Kier alpha value is -3.82. The van der Waals surface area contributed by atoms with Crippen LogP contribution in [0.5, 0.6) is 0 Å². The summed E-state index contributed by atoms with van der Waals surface area (Å²) in [6.07, 6.45) is 3.59. The van der Waals surface area contributed by atoms with Crippen LogP contribution in [-0.4, -0.2) is 53.1 Å². The van der Waals surface area contributed by atoms with Gasteiger partial charge in [0, 0.05) is 43.0 Å². The second kappa shape index (κ2) is 10.7. The predicted octanol–water partition coefficient (Wildman–Crippen LogP) is 3.30. The van der Waals surface area contributed by atoms with Gasteiger partial charge >= 0.3 is 0 Å². The Labute approximate surface area is 232 Å². The Morgan fingerprint density at radius 1 is 1.21 bits per heavy atom. The van der Waals surface area contributed by atoms with E-state index < -0.39 is 0 Å². The third-order valence-electron chi connectivity index (χ3n) is 7.41. The van der Waals surface area contributed by atoms with Crippen LogP contribution in [0.3, 0.4) is 0 Å². The van der Waals surface area contributed by atoms with Gasteiger partial charge in [0.05, 0.1) is 36.2 Å². The molecule has 10 heteroatoms. The van der Waals surface area contributed by atoms with Crippen molar-refractivity contribution in [2.45, 2.75) is 26.6 Å². The van der Waals surface area contributed by atoms with Gasteiger partial charge in [-0.3, -0.25) is 19.1 Å². The lowest BCUT2D eigenvalue weighted by molar-refractivity contribution is -0.137. The van der Waals surface area contributed by atoms with Crippen molar-refractivity contribution < 1.29 is 9.53 Å². The molecule has 0 unspecified atom stereocenters. The van der Waals surface area contributed by atoms with Crippen molar-refractivity contribution in [2.24, 2.45) is 5.92 Å². The molecule has 1 aromatic carbocycles. The fourth-order valence-corrected chi connectivity index (χ4v) is 5.53. The fourth-order valence-electron chi connectivity index (χ4n) is 5.40. The number of nitrogens with one attached hydrogen (secondary N) is 2. The molecule has 0 saturated carbocycles. The summed E-state index contributed by atoms with van der Waals surface area (Å²) >= 11 is 6.01. The van der Waals surface area contributed by atoms with Crippen LogP contribution in [0.15, 0.2) is 65.3 Å². The summed E-state index contributed by atoms with van der Waals surface area (Å²) in [7, 11) is 0. The molecule has 202 valence electrons. The minimum Gasteiger partial charge on any atom is -0.489 e. The van der Waals surface area contributed by atoms with E-state index in [1.165, 1.54) is 0 Å². The first kappa shape index (κ1) is 25.5. The molecule has 0 spiro atoms. The molecule has 1 fully saturated rings. The lowest BCUT2D eigenvalue weighted by atomic mass is 10.0. The number of hydrogen-bond acceptors (Lipinski definition) is 7. The molecule has 39 heavy (non-hydrogen) atoms. The lowest BCUT2D eigenvalue weighted by Gasteiger charge is -2.39. The Kier molecular flexibility index (Phi) is 7.01. The average Bonchev–Trinajstić information content (AvgIpc) is 2.94. The van der Waals surface area contributed by atoms with Crippen LogP contribution in [0.1, 0.15) is 23.6 Å². The third kappa shape index (κ3) is 5.12. The van der Waals surface area contributed by atoms with E-state index in [2.05, 4.69) is 27.4 Å². The first-order valence-electron chi connectivity index (χ1n) is 13.3. The van der Waals surface area contributed by atoms with E-state index in [9.17, 15) is 9.59 Å². The van der Waals surface area contributed by atoms with E-state index in [1.807, 2.05) is 53.6 Å². The maximum Gasteiger partial charge on any atom is 0.257 e. The molecule has 1 amide bonds. The Balaban J connectivity index is 1.35. The van der Waals surface area contributed by atoms with E-state index >= 15 is 0 Å². The van der Waals surface area contributed by atoms with Crippen molar-refractivity contribution in [2.75, 3.05) is 43.0 Å². The zero-order chi connectivity index (χ0) is 26.9. The fraction of sp³-hybridized carbons (Fsp3) is 0.345. The molecule has 1 saturated heterocycles. The monoisotopic (exact) mass is 546 g/mol. The van der Waals surface area contributed by atoms with Crippen LogP contribution in [0.4, 0.5) is 11.5 Å². The quantitative estimate of drug-likeness (QED) is 0.470. The van der Waals surface area contributed by atoms with Gasteiger partial charge in [0.2, 0.25) is 5.91 Å². The summed E-state index contributed by atoms with van der Waals surface area (Å²) in [6, 6.07) is 13.4. The summed E-state index contributed by atoms with van der Waals surface area (Å²) in [5, 5.41) is 7.49. The van der Waals surface area contributed by atoms with Crippen molar-refractivity contribution >= 4 is 34.8 Å². The minimum absolute atomic E-state index is 0.0131. The van der Waals surface area contributed by atoms with Crippen molar-refractivity contribution in [3.8, 4) is 0 Å². The lowest BCUT2D eigenvalue weighted by Crippen LogP contribution is -2.50. The molecule has 6 rings (SSSR count). The van der Waals surface area contributed by atoms with E-state index in [1.54, 1.807) is 10.8 Å². The third-order valence-corrected chi connectivity index (χ3v) is 7.66. The molecule has 5 heterocycles. The van der Waals surface area contributed by atoms with Crippen molar-refractivity contribution in [3.63, 3.8) is 0 Å². The van der Waals surface area contributed by atoms with Gasteiger partial charge in [0.25, 0.3) is 5.56 Å². The molecule has 3 aliphatic heterocycles. The summed E-state index contributed by atoms with van der Waals surface area (Å²) in [5.41, 5.74) is 4.21. The Morgan fingerprint density at radius 2 is 2.03 bits per heavy atom. The summed E-state index contributed by atoms with van der Waals surface area (Å²) < 4.78 is 7.81. The molecule has 3 aromatic rings. The Bertz CT molecular complexity index is 1460. The largest absolute Gasteiger partial charge is 0.489 e. The van der Waals surface area contributed by atoms with Gasteiger partial charge in [-0.25, -0.2) is 0 Å². The molecule has 2 aromatic heterocycles. The number of hydrogen-bond donors (Lipinski definition) is 2. The molecule has 9 nitrogen and oxygen atoms in total. The SMILES string of the molecule is CC1CN(C(=O)Cn2c3c(cc(CNCc4ccc(Cl)cc4)c2=O)C2=C(CN3)N(c3cccnc3)CCO2)C1.